The fraction of sp³-hybridized carbons (Fsp3) is 0.696. The molecule has 0 bridgehead atoms. The highest BCUT2D eigenvalue weighted by Gasteiger charge is 2.32. The van der Waals surface area contributed by atoms with E-state index in [0.717, 1.165) is 84.5 Å². The fourth-order valence-electron chi connectivity index (χ4n) is 4.42. The highest BCUT2D eigenvalue weighted by molar-refractivity contribution is 14.0. The SMILES string of the molecule is CCNC(=NCc1cccc(CN2CCOCC2)c1)N1CCOC(C2CCCO2)C1.I. The lowest BCUT2D eigenvalue weighted by atomic mass is 10.1. The van der Waals surface area contributed by atoms with E-state index in [1.54, 1.807) is 0 Å². The minimum absolute atomic E-state index is 0. The number of nitrogens with one attached hydrogen (secondary N) is 1. The van der Waals surface area contributed by atoms with Crippen LogP contribution >= 0.6 is 24.0 Å². The Morgan fingerprint density at radius 3 is 2.65 bits per heavy atom. The molecule has 2 unspecified atom stereocenters. The first-order valence-corrected chi connectivity index (χ1v) is 11.5. The molecule has 4 rings (SSSR count). The standard InChI is InChI=1S/C23H36N4O3.HI/c1-2-24-23(27-10-14-30-22(18-27)21-7-4-11-29-21)25-16-19-5-3-6-20(15-19)17-26-8-12-28-13-9-26;/h3,5-6,15,21-22H,2,4,7-14,16-18H2,1H3,(H,24,25);1H. The molecule has 0 aromatic heterocycles. The molecule has 0 saturated carbocycles. The Kier molecular flexibility index (Phi) is 10.3. The van der Waals surface area contributed by atoms with Gasteiger partial charge in [-0.25, -0.2) is 4.99 Å². The first-order chi connectivity index (χ1) is 14.8. The number of hydrogen-bond acceptors (Lipinski definition) is 5. The molecule has 1 N–H and O–H groups in total. The Labute approximate surface area is 203 Å². The average molecular weight is 544 g/mol. The quantitative estimate of drug-likeness (QED) is 0.338. The second-order valence-electron chi connectivity index (χ2n) is 8.29. The van der Waals surface area contributed by atoms with Crippen molar-refractivity contribution in [3.63, 3.8) is 0 Å². The number of nitrogens with zero attached hydrogens (tertiary/aromatic N) is 3. The molecule has 1 aromatic rings. The van der Waals surface area contributed by atoms with E-state index in [9.17, 15) is 0 Å². The maximum absolute atomic E-state index is 6.01. The Balaban J connectivity index is 0.00000272. The van der Waals surface area contributed by atoms with Gasteiger partial charge in [-0.15, -0.1) is 24.0 Å². The van der Waals surface area contributed by atoms with Gasteiger partial charge in [0.2, 0.25) is 0 Å². The fourth-order valence-corrected chi connectivity index (χ4v) is 4.42. The molecule has 3 fully saturated rings. The van der Waals surface area contributed by atoms with E-state index in [1.165, 1.54) is 11.1 Å². The highest BCUT2D eigenvalue weighted by atomic mass is 127. The minimum atomic E-state index is 0. The summed E-state index contributed by atoms with van der Waals surface area (Å²) in [6.07, 6.45) is 2.61. The molecule has 3 saturated heterocycles. The summed E-state index contributed by atoms with van der Waals surface area (Å²) in [4.78, 5) is 9.74. The lowest BCUT2D eigenvalue weighted by molar-refractivity contribution is -0.0817. The summed E-state index contributed by atoms with van der Waals surface area (Å²) in [6.45, 7) is 11.6. The van der Waals surface area contributed by atoms with Crippen molar-refractivity contribution in [1.82, 2.24) is 15.1 Å². The molecule has 3 aliphatic heterocycles. The van der Waals surface area contributed by atoms with E-state index < -0.39 is 0 Å². The van der Waals surface area contributed by atoms with Crippen molar-refractivity contribution in [3.8, 4) is 0 Å². The molecule has 0 spiro atoms. The normalized spacial score (nSPS) is 25.3. The largest absolute Gasteiger partial charge is 0.379 e. The number of morpholine rings is 2. The first-order valence-electron chi connectivity index (χ1n) is 11.5. The lowest BCUT2D eigenvalue weighted by Gasteiger charge is -2.37. The molecular weight excluding hydrogens is 507 g/mol. The van der Waals surface area contributed by atoms with Gasteiger partial charge in [0.25, 0.3) is 0 Å². The second kappa shape index (κ2) is 12.9. The minimum Gasteiger partial charge on any atom is -0.379 e. The van der Waals surface area contributed by atoms with Crippen molar-refractivity contribution in [1.29, 1.82) is 0 Å². The van der Waals surface area contributed by atoms with Gasteiger partial charge >= 0.3 is 0 Å². The number of guanidine groups is 1. The number of aliphatic imine (C=N–C) groups is 1. The summed E-state index contributed by atoms with van der Waals surface area (Å²) >= 11 is 0. The van der Waals surface area contributed by atoms with Crippen molar-refractivity contribution < 1.29 is 14.2 Å². The van der Waals surface area contributed by atoms with Crippen molar-refractivity contribution in [2.24, 2.45) is 4.99 Å². The average Bonchev–Trinajstić information content (AvgIpc) is 3.33. The third-order valence-corrected chi connectivity index (χ3v) is 6.02. The van der Waals surface area contributed by atoms with E-state index >= 15 is 0 Å². The lowest BCUT2D eigenvalue weighted by Crippen LogP contribution is -2.53. The summed E-state index contributed by atoms with van der Waals surface area (Å²) in [5.74, 6) is 0.974. The van der Waals surface area contributed by atoms with E-state index in [-0.39, 0.29) is 36.2 Å². The molecule has 31 heavy (non-hydrogen) atoms. The molecular formula is C23H37IN4O3. The summed E-state index contributed by atoms with van der Waals surface area (Å²) in [6, 6.07) is 8.82. The molecule has 3 heterocycles. The van der Waals surface area contributed by atoms with E-state index in [4.69, 9.17) is 19.2 Å². The van der Waals surface area contributed by atoms with Crippen molar-refractivity contribution in [2.75, 3.05) is 59.2 Å². The maximum Gasteiger partial charge on any atom is 0.194 e. The zero-order valence-corrected chi connectivity index (χ0v) is 21.0. The van der Waals surface area contributed by atoms with Gasteiger partial charge in [-0.05, 0) is 30.9 Å². The third kappa shape index (κ3) is 7.28. The Bertz CT molecular complexity index is 693. The van der Waals surface area contributed by atoms with Crippen LogP contribution in [0.25, 0.3) is 0 Å². The summed E-state index contributed by atoms with van der Waals surface area (Å²) in [7, 11) is 0. The van der Waals surface area contributed by atoms with Crippen LogP contribution in [0.2, 0.25) is 0 Å². The molecule has 174 valence electrons. The Morgan fingerprint density at radius 1 is 1.06 bits per heavy atom. The number of halogens is 1. The van der Waals surface area contributed by atoms with Gasteiger partial charge in [0.15, 0.2) is 5.96 Å². The molecule has 7 nitrogen and oxygen atoms in total. The van der Waals surface area contributed by atoms with Gasteiger partial charge in [0, 0.05) is 45.9 Å². The van der Waals surface area contributed by atoms with Crippen LogP contribution in [0, 0.1) is 0 Å². The van der Waals surface area contributed by atoms with Gasteiger partial charge in [-0.3, -0.25) is 4.90 Å². The van der Waals surface area contributed by atoms with Crippen LogP contribution in [0.1, 0.15) is 30.9 Å². The van der Waals surface area contributed by atoms with Crippen LogP contribution in [0.3, 0.4) is 0 Å². The van der Waals surface area contributed by atoms with Gasteiger partial charge in [0.1, 0.15) is 6.10 Å². The van der Waals surface area contributed by atoms with Crippen LogP contribution < -0.4 is 5.32 Å². The van der Waals surface area contributed by atoms with Gasteiger partial charge in [-0.1, -0.05) is 24.3 Å². The zero-order chi connectivity index (χ0) is 20.6. The van der Waals surface area contributed by atoms with Gasteiger partial charge < -0.3 is 24.4 Å². The molecule has 1 aromatic carbocycles. The third-order valence-electron chi connectivity index (χ3n) is 6.02. The molecule has 0 radical (unpaired) electrons. The van der Waals surface area contributed by atoms with Crippen LogP contribution in [0.4, 0.5) is 0 Å². The number of rotatable bonds is 6. The molecule has 2 atom stereocenters. The Hall–Kier alpha value is -0.940. The summed E-state index contributed by atoms with van der Waals surface area (Å²) in [5.41, 5.74) is 2.60. The zero-order valence-electron chi connectivity index (χ0n) is 18.6. The van der Waals surface area contributed by atoms with Gasteiger partial charge in [-0.2, -0.15) is 0 Å². The number of ether oxygens (including phenoxy) is 3. The topological polar surface area (TPSA) is 58.6 Å². The molecule has 0 aliphatic carbocycles. The van der Waals surface area contributed by atoms with Crippen LogP contribution in [0.15, 0.2) is 29.3 Å². The van der Waals surface area contributed by atoms with E-state index in [1.807, 2.05) is 0 Å². The van der Waals surface area contributed by atoms with Crippen molar-refractivity contribution in [3.05, 3.63) is 35.4 Å². The predicted molar refractivity (Wildman–Crippen MR) is 133 cm³/mol. The maximum atomic E-state index is 6.01. The van der Waals surface area contributed by atoms with Crippen LogP contribution in [-0.2, 0) is 27.3 Å². The Morgan fingerprint density at radius 2 is 1.87 bits per heavy atom. The first kappa shape index (κ1) is 24.7. The number of benzene rings is 1. The monoisotopic (exact) mass is 544 g/mol. The van der Waals surface area contributed by atoms with Crippen LogP contribution in [0.5, 0.6) is 0 Å². The highest BCUT2D eigenvalue weighted by Crippen LogP contribution is 2.21. The molecule has 8 heteroatoms. The summed E-state index contributed by atoms with van der Waals surface area (Å²) < 4.78 is 17.3. The predicted octanol–water partition coefficient (Wildman–Crippen LogP) is 2.48. The van der Waals surface area contributed by atoms with E-state index in [2.05, 4.69) is 46.3 Å². The number of hydrogen-bond donors (Lipinski definition) is 1. The second-order valence-corrected chi connectivity index (χ2v) is 8.29. The molecule has 0 amide bonds. The van der Waals surface area contributed by atoms with Crippen molar-refractivity contribution in [2.45, 2.75) is 45.1 Å². The smallest absolute Gasteiger partial charge is 0.194 e. The van der Waals surface area contributed by atoms with Crippen LogP contribution in [-0.4, -0.2) is 87.1 Å². The van der Waals surface area contributed by atoms with E-state index in [0.29, 0.717) is 6.54 Å². The van der Waals surface area contributed by atoms with Crippen molar-refractivity contribution >= 4 is 29.9 Å². The molecule has 3 aliphatic rings. The summed E-state index contributed by atoms with van der Waals surface area (Å²) in [5, 5.41) is 3.47. The van der Waals surface area contributed by atoms with Gasteiger partial charge in [0.05, 0.1) is 32.5 Å².